The molecule has 6 nitrogen and oxygen atoms in total. The highest BCUT2D eigenvalue weighted by Crippen LogP contribution is 2.77. The van der Waals surface area contributed by atoms with Gasteiger partial charge < -0.3 is 9.22 Å². The molecule has 0 N–H and O–H groups in total. The Morgan fingerprint density at radius 2 is 1.47 bits per heavy atom. The molecule has 0 unspecified atom stereocenters. The van der Waals surface area contributed by atoms with Gasteiger partial charge in [-0.15, -0.1) is 0 Å². The molecule has 8 fully saturated rings. The highest BCUT2D eigenvalue weighted by molar-refractivity contribution is 5.87. The van der Waals surface area contributed by atoms with E-state index >= 15 is 4.79 Å². The third-order valence-corrected chi connectivity index (χ3v) is 17.1. The van der Waals surface area contributed by atoms with E-state index in [9.17, 15) is 9.59 Å². The lowest BCUT2D eigenvalue weighted by atomic mass is 9.32. The summed E-state index contributed by atoms with van der Waals surface area (Å²) in [5.41, 5.74) is 0.0986. The number of carbonyl (C=O) groups is 3. The van der Waals surface area contributed by atoms with Gasteiger partial charge in [-0.05, 0) is 117 Å². The van der Waals surface area contributed by atoms with E-state index in [0.29, 0.717) is 35.4 Å². The molecule has 1 amide bonds. The van der Waals surface area contributed by atoms with Crippen LogP contribution in [0, 0.1) is 62.6 Å². The Morgan fingerprint density at radius 3 is 2.13 bits per heavy atom. The molecule has 0 radical (unpaired) electrons. The minimum atomic E-state index is -0.362. The van der Waals surface area contributed by atoms with Crippen LogP contribution in [0.5, 0.6) is 0 Å². The Bertz CT molecular complexity index is 1250. The van der Waals surface area contributed by atoms with Crippen LogP contribution in [-0.4, -0.2) is 66.5 Å². The number of quaternary nitrogens is 1. The Labute approximate surface area is 273 Å². The summed E-state index contributed by atoms with van der Waals surface area (Å²) < 4.78 is 6.96. The minimum absolute atomic E-state index is 0.00409. The first-order valence-corrected chi connectivity index (χ1v) is 18.8. The molecule has 5 saturated carbocycles. The maximum Gasteiger partial charge on any atom is 0.302 e. The van der Waals surface area contributed by atoms with Crippen LogP contribution in [-0.2, 0) is 19.1 Å². The molecule has 5 aliphatic carbocycles. The summed E-state index contributed by atoms with van der Waals surface area (Å²) in [6.07, 6.45) is 13.1. The van der Waals surface area contributed by atoms with E-state index in [1.54, 1.807) is 6.92 Å². The van der Waals surface area contributed by atoms with Gasteiger partial charge in [-0.25, -0.2) is 0 Å². The van der Waals surface area contributed by atoms with E-state index in [4.69, 9.17) is 4.74 Å². The lowest BCUT2D eigenvalue weighted by Crippen LogP contribution is -2.68. The van der Waals surface area contributed by atoms with Crippen molar-refractivity contribution in [3.63, 3.8) is 0 Å². The molecule has 8 aliphatic rings. The Kier molecular flexibility index (Phi) is 7.34. The van der Waals surface area contributed by atoms with Gasteiger partial charge in [-0.3, -0.25) is 19.3 Å². The van der Waals surface area contributed by atoms with Crippen molar-refractivity contribution in [2.24, 2.45) is 62.6 Å². The molecule has 3 heterocycles. The first-order valence-electron chi connectivity index (χ1n) is 18.8. The zero-order valence-electron chi connectivity index (χ0n) is 29.9. The summed E-state index contributed by atoms with van der Waals surface area (Å²) in [7, 11) is 2.36. The predicted octanol–water partition coefficient (Wildman–Crippen LogP) is 7.24. The lowest BCUT2D eigenvalue weighted by Gasteiger charge is -2.72. The van der Waals surface area contributed by atoms with Crippen LogP contribution in [0.25, 0.3) is 0 Å². The highest BCUT2D eigenvalue weighted by Gasteiger charge is 2.72. The van der Waals surface area contributed by atoms with Crippen molar-refractivity contribution in [2.45, 2.75) is 132 Å². The molecule has 0 spiro atoms. The molecule has 6 heteroatoms. The van der Waals surface area contributed by atoms with Crippen LogP contribution in [0.1, 0.15) is 126 Å². The van der Waals surface area contributed by atoms with Gasteiger partial charge in [-0.2, -0.15) is 0 Å². The quantitative estimate of drug-likeness (QED) is 0.246. The van der Waals surface area contributed by atoms with Crippen LogP contribution < -0.4 is 0 Å². The molecule has 252 valence electrons. The van der Waals surface area contributed by atoms with Crippen molar-refractivity contribution >= 4 is 17.7 Å². The van der Waals surface area contributed by atoms with E-state index in [-0.39, 0.29) is 51.0 Å². The SMILES string of the molecule is CC(=O)O[C@H]1CC[C@]2(C)[C@H]3CC[C@H]4[C@@H]5[C@H](C(C)=O)CC[C@]5(C(=O)N5CC6CC[N+](C)(CC6)C5)CC[C@@]4(C)[C@]3(C)CC[C@H]2C1(C)C. The van der Waals surface area contributed by atoms with Crippen molar-refractivity contribution in [3.05, 3.63) is 0 Å². The maximum absolute atomic E-state index is 15.1. The van der Waals surface area contributed by atoms with Crippen molar-refractivity contribution in [3.8, 4) is 0 Å². The van der Waals surface area contributed by atoms with E-state index < -0.39 is 0 Å². The molecule has 0 aromatic rings. The van der Waals surface area contributed by atoms with Crippen molar-refractivity contribution in [2.75, 3.05) is 33.4 Å². The lowest BCUT2D eigenvalue weighted by molar-refractivity contribution is -0.919. The molecular weight excluding hydrogens is 560 g/mol. The predicted molar refractivity (Wildman–Crippen MR) is 176 cm³/mol. The van der Waals surface area contributed by atoms with Crippen LogP contribution >= 0.6 is 0 Å². The van der Waals surface area contributed by atoms with E-state index in [2.05, 4.69) is 46.6 Å². The molecular formula is C39H63N2O4+. The van der Waals surface area contributed by atoms with Crippen molar-refractivity contribution in [1.82, 2.24) is 4.90 Å². The number of Topliss-reactive ketones (excluding diaryl/α,β-unsaturated/α-hetero) is 1. The fourth-order valence-corrected chi connectivity index (χ4v) is 14.6. The third-order valence-electron chi connectivity index (χ3n) is 17.1. The number of hydrogen-bond donors (Lipinski definition) is 0. The fourth-order valence-electron chi connectivity index (χ4n) is 14.6. The smallest absolute Gasteiger partial charge is 0.302 e. The number of nitrogens with zero attached hydrogens (tertiary/aromatic N) is 2. The number of rotatable bonds is 3. The van der Waals surface area contributed by atoms with Gasteiger partial charge in [0, 0.05) is 37.6 Å². The van der Waals surface area contributed by atoms with Gasteiger partial charge in [0.2, 0.25) is 5.91 Å². The maximum atomic E-state index is 15.1. The van der Waals surface area contributed by atoms with Crippen molar-refractivity contribution in [1.29, 1.82) is 0 Å². The van der Waals surface area contributed by atoms with Crippen LogP contribution in [0.4, 0.5) is 0 Å². The highest BCUT2D eigenvalue weighted by atomic mass is 16.5. The van der Waals surface area contributed by atoms with Gasteiger partial charge in [0.05, 0.1) is 25.6 Å². The Hall–Kier alpha value is -1.43. The molecule has 0 aromatic carbocycles. The van der Waals surface area contributed by atoms with Crippen LogP contribution in [0.3, 0.4) is 0 Å². The van der Waals surface area contributed by atoms with Crippen LogP contribution in [0.15, 0.2) is 0 Å². The average molecular weight is 624 g/mol. The molecule has 3 aliphatic heterocycles. The molecule has 3 saturated heterocycles. The summed E-state index contributed by atoms with van der Waals surface area (Å²) in [6.45, 7) is 20.1. The largest absolute Gasteiger partial charge is 0.462 e. The fraction of sp³-hybridized carbons (Fsp3) is 0.923. The standard InChI is InChI=1S/C39H63N2O4/c1-25(42)28-11-18-39(34(44)40-23-27-14-21-41(8,24-40)22-15-27)20-19-37(6)29(33(28)39)9-10-31-36(5)16-13-32(45-26(2)43)35(3,4)30(36)12-17-38(31,37)7/h27-33H,9-24H2,1-8H3/q+1/t27?,28-,29-,30-,31+,32-,33-,36-,37+,38+,39-,41?/m0/s1. The topological polar surface area (TPSA) is 63.7 Å². The minimum Gasteiger partial charge on any atom is -0.462 e. The Morgan fingerprint density at radius 1 is 0.756 bits per heavy atom. The zero-order valence-corrected chi connectivity index (χ0v) is 29.9. The summed E-state index contributed by atoms with van der Waals surface area (Å²) in [5, 5.41) is 0. The van der Waals surface area contributed by atoms with Crippen LogP contribution in [0.2, 0.25) is 0 Å². The summed E-state index contributed by atoms with van der Waals surface area (Å²) in [5.74, 6) is 3.01. The second-order valence-electron chi connectivity index (χ2n) is 19.2. The van der Waals surface area contributed by atoms with Gasteiger partial charge >= 0.3 is 5.97 Å². The second-order valence-corrected chi connectivity index (χ2v) is 19.2. The number of ketones is 1. The Balaban J connectivity index is 1.22. The number of fused-ring (bicyclic) bond motifs is 11. The third kappa shape index (κ3) is 4.37. The summed E-state index contributed by atoms with van der Waals surface area (Å²) >= 11 is 0. The number of hydrogen-bond acceptors (Lipinski definition) is 4. The first-order chi connectivity index (χ1) is 21.0. The van der Waals surface area contributed by atoms with Crippen molar-refractivity contribution < 1.29 is 23.6 Å². The molecule has 8 rings (SSSR count). The second kappa shape index (κ2) is 10.3. The van der Waals surface area contributed by atoms with Gasteiger partial charge in [-0.1, -0.05) is 34.6 Å². The summed E-state index contributed by atoms with van der Waals surface area (Å²) in [6, 6.07) is 0. The van der Waals surface area contributed by atoms with E-state index in [0.717, 1.165) is 62.6 Å². The molecule has 2 bridgehead atoms. The number of carbonyl (C=O) groups excluding carboxylic acids is 3. The number of amides is 1. The van der Waals surface area contributed by atoms with E-state index in [1.807, 2.05) is 6.92 Å². The summed E-state index contributed by atoms with van der Waals surface area (Å²) in [4.78, 5) is 42.9. The normalized spacial score (nSPS) is 51.6. The molecule has 45 heavy (non-hydrogen) atoms. The van der Waals surface area contributed by atoms with Gasteiger partial charge in [0.25, 0.3) is 0 Å². The van der Waals surface area contributed by atoms with E-state index in [1.165, 1.54) is 45.2 Å². The monoisotopic (exact) mass is 623 g/mol. The number of piperidine rings is 1. The number of esters is 1. The van der Waals surface area contributed by atoms with Gasteiger partial charge in [0.15, 0.2) is 6.67 Å². The average Bonchev–Trinajstić information content (AvgIpc) is 3.18. The molecule has 0 aromatic heterocycles. The number of ether oxygens (including phenoxy) is 1. The van der Waals surface area contributed by atoms with Gasteiger partial charge in [0.1, 0.15) is 11.9 Å². The first kappa shape index (κ1) is 32.1. The zero-order chi connectivity index (χ0) is 32.4. The molecule has 10 atom stereocenters.